The van der Waals surface area contributed by atoms with Crippen molar-refractivity contribution in [2.75, 3.05) is 6.61 Å². The quantitative estimate of drug-likeness (QED) is 0.215. The highest BCUT2D eigenvalue weighted by Gasteiger charge is 2.26. The zero-order chi connectivity index (χ0) is 23.9. The molecule has 7 nitrogen and oxygen atoms in total. The molecule has 0 aliphatic rings. The molecule has 1 atom stereocenters. The lowest BCUT2D eigenvalue weighted by atomic mass is 10.0. The first-order valence-corrected chi connectivity index (χ1v) is 12.8. The van der Waals surface area contributed by atoms with Gasteiger partial charge in [-0.3, -0.25) is 4.52 Å². The third-order valence-electron chi connectivity index (χ3n) is 4.62. The largest absolute Gasteiger partial charge is 0.489 e. The maximum atomic E-state index is 10.8. The van der Waals surface area contributed by atoms with Crippen LogP contribution in [0.5, 0.6) is 5.75 Å². The minimum absolute atomic E-state index is 0.0139. The first kappa shape index (κ1) is 25.7. The van der Waals surface area contributed by atoms with Gasteiger partial charge >= 0.3 is 7.82 Å². The molecule has 0 fully saturated rings. The molecule has 3 aromatic carbocycles. The van der Waals surface area contributed by atoms with Crippen LogP contribution in [0.1, 0.15) is 17.5 Å². The van der Waals surface area contributed by atoms with E-state index < -0.39 is 20.2 Å². The van der Waals surface area contributed by atoms with Crippen LogP contribution in [0.15, 0.2) is 82.6 Å². The zero-order valence-corrected chi connectivity index (χ0v) is 20.1. The molecule has 3 rings (SSSR count). The summed E-state index contributed by atoms with van der Waals surface area (Å²) in [4.78, 5) is 19.4. The van der Waals surface area contributed by atoms with Crippen molar-refractivity contribution >= 4 is 31.2 Å². The molecule has 0 saturated carbocycles. The van der Waals surface area contributed by atoms with Crippen molar-refractivity contribution < 1.29 is 28.7 Å². The Morgan fingerprint density at radius 2 is 1.73 bits per heavy atom. The van der Waals surface area contributed by atoms with E-state index >= 15 is 0 Å². The van der Waals surface area contributed by atoms with E-state index in [0.29, 0.717) is 18.1 Å². The molecule has 0 heterocycles. The summed E-state index contributed by atoms with van der Waals surface area (Å²) in [6.45, 7) is -0.201. The fraction of sp³-hybridized carbons (Fsp3) is 0.217. The molecule has 0 bridgehead atoms. The number of hydrogen-bond acceptors (Lipinski definition) is 6. The van der Waals surface area contributed by atoms with Gasteiger partial charge in [-0.25, -0.2) is 4.57 Å². The topological polar surface area (TPSA) is 122 Å². The molecule has 5 N–H and O–H groups in total. The van der Waals surface area contributed by atoms with E-state index in [4.69, 9.17) is 31.9 Å². The number of nitrogens with two attached hydrogens (primary N) is 1. The standard InChI is InChI=1S/C23H25ClNO6PS/c24-22-14-21(10-9-18(22)11-12-23(25,26)16-31-32(27,28)29)33-20-8-4-7-19(13-20)30-15-17-5-2-1-3-6-17/h1-10,13-14,26H,11-12,15-16,25H2,(H2,27,28,29)/t23-/m1/s1. The van der Waals surface area contributed by atoms with Crippen LogP contribution in [0.25, 0.3) is 0 Å². The van der Waals surface area contributed by atoms with Crippen LogP contribution in [0.3, 0.4) is 0 Å². The van der Waals surface area contributed by atoms with Gasteiger partial charge in [0.05, 0.1) is 0 Å². The lowest BCUT2D eigenvalue weighted by Crippen LogP contribution is -2.44. The summed E-state index contributed by atoms with van der Waals surface area (Å²) in [7, 11) is -4.71. The summed E-state index contributed by atoms with van der Waals surface area (Å²) >= 11 is 7.94. The maximum absolute atomic E-state index is 10.8. The van der Waals surface area contributed by atoms with E-state index in [1.807, 2.05) is 72.8 Å². The van der Waals surface area contributed by atoms with Gasteiger partial charge in [-0.05, 0) is 54.3 Å². The van der Waals surface area contributed by atoms with Gasteiger partial charge in [0.15, 0.2) is 0 Å². The SMILES string of the molecule is N[C@@](O)(CCc1ccc(Sc2cccc(OCc3ccccc3)c2)cc1Cl)COP(=O)(O)O. The van der Waals surface area contributed by atoms with E-state index in [1.54, 1.807) is 0 Å². The van der Waals surface area contributed by atoms with Gasteiger partial charge in [0, 0.05) is 14.8 Å². The number of aryl methyl sites for hydroxylation is 1. The summed E-state index contributed by atoms with van der Waals surface area (Å²) in [6.07, 6.45) is 0.324. The van der Waals surface area contributed by atoms with Gasteiger partial charge in [0.1, 0.15) is 24.7 Å². The smallest absolute Gasteiger partial charge is 0.469 e. The van der Waals surface area contributed by atoms with Gasteiger partial charge in [0.2, 0.25) is 0 Å². The van der Waals surface area contributed by atoms with Crippen LogP contribution in [0, 0.1) is 0 Å². The van der Waals surface area contributed by atoms with Crippen molar-refractivity contribution in [1.82, 2.24) is 0 Å². The summed E-state index contributed by atoms with van der Waals surface area (Å²) in [6, 6.07) is 23.3. The van der Waals surface area contributed by atoms with Crippen molar-refractivity contribution in [2.24, 2.45) is 5.73 Å². The minimum atomic E-state index is -4.71. The first-order chi connectivity index (χ1) is 15.6. The second-order valence-corrected chi connectivity index (χ2v) is 10.3. The van der Waals surface area contributed by atoms with E-state index in [9.17, 15) is 9.67 Å². The Labute approximate surface area is 201 Å². The third kappa shape index (κ3) is 9.12. The second-order valence-electron chi connectivity index (χ2n) is 7.47. The van der Waals surface area contributed by atoms with Crippen LogP contribution in [0.4, 0.5) is 0 Å². The Bertz CT molecular complexity index is 1110. The number of aliphatic hydroxyl groups is 1. The van der Waals surface area contributed by atoms with Crippen molar-refractivity contribution in [1.29, 1.82) is 0 Å². The molecule has 0 aliphatic heterocycles. The van der Waals surface area contributed by atoms with Crippen LogP contribution >= 0.6 is 31.2 Å². The van der Waals surface area contributed by atoms with Crippen LogP contribution in [-0.4, -0.2) is 27.2 Å². The lowest BCUT2D eigenvalue weighted by Gasteiger charge is -2.23. The molecule has 10 heteroatoms. The Kier molecular flexibility index (Phi) is 8.98. The molecule has 0 aliphatic carbocycles. The fourth-order valence-corrected chi connectivity index (χ4v) is 4.56. The molecule has 3 aromatic rings. The third-order valence-corrected chi connectivity index (χ3v) is 6.42. The highest BCUT2D eigenvalue weighted by molar-refractivity contribution is 7.99. The summed E-state index contributed by atoms with van der Waals surface area (Å²) in [5.41, 5.74) is 5.61. The van der Waals surface area contributed by atoms with Crippen LogP contribution < -0.4 is 10.5 Å². The lowest BCUT2D eigenvalue weighted by molar-refractivity contribution is -0.0155. The number of halogens is 1. The second kappa shape index (κ2) is 11.5. The number of hydrogen-bond donors (Lipinski definition) is 4. The van der Waals surface area contributed by atoms with E-state index in [-0.39, 0.29) is 6.42 Å². The molecule has 0 spiro atoms. The molecule has 0 unspecified atom stereocenters. The molecule has 0 amide bonds. The van der Waals surface area contributed by atoms with Gasteiger partial charge in [0.25, 0.3) is 0 Å². The molecular weight excluding hydrogens is 485 g/mol. The van der Waals surface area contributed by atoms with E-state index in [1.165, 1.54) is 11.8 Å². The number of benzene rings is 3. The van der Waals surface area contributed by atoms with Gasteiger partial charge in [-0.1, -0.05) is 65.8 Å². The van der Waals surface area contributed by atoms with Crippen molar-refractivity contribution in [2.45, 2.75) is 35.0 Å². The first-order valence-electron chi connectivity index (χ1n) is 10.0. The maximum Gasteiger partial charge on any atom is 0.469 e. The van der Waals surface area contributed by atoms with Crippen LogP contribution in [0.2, 0.25) is 5.02 Å². The number of phosphoric acid groups is 1. The van der Waals surface area contributed by atoms with E-state index in [2.05, 4.69) is 4.52 Å². The highest BCUT2D eigenvalue weighted by atomic mass is 35.5. The Hall–Kier alpha value is -1.87. The molecule has 176 valence electrons. The normalized spacial score (nSPS) is 13.5. The molecular formula is C23H25ClNO6PS. The van der Waals surface area contributed by atoms with Crippen molar-refractivity contribution in [3.05, 3.63) is 88.9 Å². The van der Waals surface area contributed by atoms with E-state index in [0.717, 1.165) is 26.7 Å². The fourth-order valence-electron chi connectivity index (χ4n) is 2.92. The Morgan fingerprint density at radius 3 is 2.42 bits per heavy atom. The average molecular weight is 510 g/mol. The van der Waals surface area contributed by atoms with Crippen molar-refractivity contribution in [3.63, 3.8) is 0 Å². The average Bonchev–Trinajstić information content (AvgIpc) is 2.76. The monoisotopic (exact) mass is 509 g/mol. The van der Waals surface area contributed by atoms with Crippen molar-refractivity contribution in [3.8, 4) is 5.75 Å². The molecule has 33 heavy (non-hydrogen) atoms. The summed E-state index contributed by atoms with van der Waals surface area (Å²) < 4.78 is 21.0. The summed E-state index contributed by atoms with van der Waals surface area (Å²) in [5, 5.41) is 10.6. The molecule has 0 aromatic heterocycles. The predicted octanol–water partition coefficient (Wildman–Crippen LogP) is 4.76. The number of ether oxygens (including phenoxy) is 1. The van der Waals surface area contributed by atoms with Crippen LogP contribution in [-0.2, 0) is 22.1 Å². The molecule has 0 radical (unpaired) electrons. The van der Waals surface area contributed by atoms with Gasteiger partial charge in [-0.15, -0.1) is 0 Å². The Balaban J connectivity index is 1.57. The minimum Gasteiger partial charge on any atom is -0.489 e. The Morgan fingerprint density at radius 1 is 1.00 bits per heavy atom. The summed E-state index contributed by atoms with van der Waals surface area (Å²) in [5.74, 6) is 0.770. The number of rotatable bonds is 11. The van der Waals surface area contributed by atoms with Gasteiger partial charge in [-0.2, -0.15) is 0 Å². The zero-order valence-electron chi connectivity index (χ0n) is 17.6. The molecule has 0 saturated heterocycles. The predicted molar refractivity (Wildman–Crippen MR) is 128 cm³/mol. The van der Waals surface area contributed by atoms with Gasteiger partial charge < -0.3 is 25.4 Å². The highest BCUT2D eigenvalue weighted by Crippen LogP contribution is 2.37. The number of phosphoric ester groups is 1.